The smallest absolute Gasteiger partial charge is 0.287 e. The highest BCUT2D eigenvalue weighted by Gasteiger charge is 2.25. The lowest BCUT2D eigenvalue weighted by molar-refractivity contribution is -0.126. The molecule has 3 amide bonds. The molecule has 1 aromatic heterocycles. The number of rotatable bonds is 7. The van der Waals surface area contributed by atoms with Gasteiger partial charge in [-0.3, -0.25) is 14.4 Å². The second-order valence-electron chi connectivity index (χ2n) is 5.95. The van der Waals surface area contributed by atoms with Gasteiger partial charge in [-0.1, -0.05) is 25.4 Å². The minimum absolute atomic E-state index is 0.115. The number of anilines is 1. The molecule has 0 unspecified atom stereocenters. The molecule has 1 aromatic carbocycles. The van der Waals surface area contributed by atoms with Crippen LogP contribution in [0.4, 0.5) is 5.69 Å². The lowest BCUT2D eigenvalue weighted by Crippen LogP contribution is -2.51. The quantitative estimate of drug-likeness (QED) is 0.689. The Kier molecular flexibility index (Phi) is 6.80. The molecule has 0 aliphatic heterocycles. The highest BCUT2D eigenvalue weighted by Crippen LogP contribution is 2.13. The van der Waals surface area contributed by atoms with Gasteiger partial charge in [-0.05, 0) is 42.3 Å². The summed E-state index contributed by atoms with van der Waals surface area (Å²) in [5.74, 6) is -1.39. The predicted octanol–water partition coefficient (Wildman–Crippen LogP) is 2.44. The van der Waals surface area contributed by atoms with Crippen molar-refractivity contribution in [3.63, 3.8) is 0 Å². The monoisotopic (exact) mass is 377 g/mol. The van der Waals surface area contributed by atoms with E-state index in [2.05, 4.69) is 16.0 Å². The Labute approximate surface area is 156 Å². The number of hydrogen-bond acceptors (Lipinski definition) is 4. The largest absolute Gasteiger partial charge is 0.459 e. The molecule has 0 fully saturated rings. The molecule has 2 rings (SSSR count). The fraction of sp³-hybridized carbons (Fsp3) is 0.278. The van der Waals surface area contributed by atoms with Crippen LogP contribution >= 0.6 is 11.6 Å². The van der Waals surface area contributed by atoms with Gasteiger partial charge in [-0.15, -0.1) is 0 Å². The number of nitrogens with one attached hydrogen (secondary N) is 3. The molecule has 0 aliphatic carbocycles. The van der Waals surface area contributed by atoms with Crippen molar-refractivity contribution in [2.24, 2.45) is 5.92 Å². The molecule has 1 heterocycles. The normalized spacial score (nSPS) is 11.7. The van der Waals surface area contributed by atoms with Gasteiger partial charge in [0.2, 0.25) is 11.8 Å². The van der Waals surface area contributed by atoms with E-state index in [0.29, 0.717) is 10.7 Å². The molecular formula is C18H20ClN3O4. The lowest BCUT2D eigenvalue weighted by Gasteiger charge is -2.21. The average Bonchev–Trinajstić information content (AvgIpc) is 3.14. The molecule has 7 nitrogen and oxygen atoms in total. The second kappa shape index (κ2) is 9.05. The molecule has 0 saturated carbocycles. The van der Waals surface area contributed by atoms with E-state index in [4.69, 9.17) is 16.0 Å². The van der Waals surface area contributed by atoms with Crippen LogP contribution in [0, 0.1) is 5.92 Å². The maximum Gasteiger partial charge on any atom is 0.287 e. The van der Waals surface area contributed by atoms with Crippen LogP contribution in [0.1, 0.15) is 24.4 Å². The van der Waals surface area contributed by atoms with Crippen molar-refractivity contribution < 1.29 is 18.8 Å². The van der Waals surface area contributed by atoms with Crippen LogP contribution in [0.3, 0.4) is 0 Å². The minimum atomic E-state index is -0.795. The Morgan fingerprint density at radius 3 is 2.38 bits per heavy atom. The molecule has 0 radical (unpaired) electrons. The number of hydrogen-bond donors (Lipinski definition) is 3. The first-order valence-corrected chi connectivity index (χ1v) is 8.42. The van der Waals surface area contributed by atoms with Gasteiger partial charge in [0.15, 0.2) is 5.76 Å². The fourth-order valence-electron chi connectivity index (χ4n) is 2.17. The molecule has 8 heteroatoms. The van der Waals surface area contributed by atoms with Crippen LogP contribution in [-0.4, -0.2) is 30.3 Å². The molecule has 138 valence electrons. The SMILES string of the molecule is CC(C)[C@H](NC(=O)c1ccco1)C(=O)NCC(=O)Nc1ccc(Cl)cc1. The zero-order chi connectivity index (χ0) is 19.1. The van der Waals surface area contributed by atoms with Crippen LogP contribution in [0.25, 0.3) is 0 Å². The van der Waals surface area contributed by atoms with E-state index in [-0.39, 0.29) is 24.1 Å². The molecule has 0 aliphatic rings. The first kappa shape index (κ1) is 19.5. The molecule has 0 bridgehead atoms. The number of amides is 3. The van der Waals surface area contributed by atoms with Crippen molar-refractivity contribution in [1.82, 2.24) is 10.6 Å². The van der Waals surface area contributed by atoms with Crippen molar-refractivity contribution in [1.29, 1.82) is 0 Å². The van der Waals surface area contributed by atoms with Crippen molar-refractivity contribution in [2.45, 2.75) is 19.9 Å². The predicted molar refractivity (Wildman–Crippen MR) is 97.9 cm³/mol. The molecule has 2 aromatic rings. The summed E-state index contributed by atoms with van der Waals surface area (Å²) in [6.07, 6.45) is 1.38. The van der Waals surface area contributed by atoms with Crippen molar-refractivity contribution in [3.8, 4) is 0 Å². The Morgan fingerprint density at radius 1 is 1.12 bits per heavy atom. The van der Waals surface area contributed by atoms with Gasteiger partial charge in [-0.25, -0.2) is 0 Å². The summed E-state index contributed by atoms with van der Waals surface area (Å²) in [4.78, 5) is 36.3. The summed E-state index contributed by atoms with van der Waals surface area (Å²) in [5, 5.41) is 8.33. The van der Waals surface area contributed by atoms with E-state index in [1.165, 1.54) is 12.3 Å². The molecule has 26 heavy (non-hydrogen) atoms. The van der Waals surface area contributed by atoms with Gasteiger partial charge >= 0.3 is 0 Å². The fourth-order valence-corrected chi connectivity index (χ4v) is 2.30. The van der Waals surface area contributed by atoms with Crippen molar-refractivity contribution >= 4 is 35.0 Å². The van der Waals surface area contributed by atoms with E-state index >= 15 is 0 Å². The third-order valence-corrected chi connectivity index (χ3v) is 3.78. The molecule has 3 N–H and O–H groups in total. The zero-order valence-corrected chi connectivity index (χ0v) is 15.2. The van der Waals surface area contributed by atoms with Gasteiger partial charge in [-0.2, -0.15) is 0 Å². The summed E-state index contributed by atoms with van der Waals surface area (Å²) in [6.45, 7) is 3.36. The molecular weight excluding hydrogens is 358 g/mol. The number of carbonyl (C=O) groups excluding carboxylic acids is 3. The van der Waals surface area contributed by atoms with Crippen LogP contribution < -0.4 is 16.0 Å². The van der Waals surface area contributed by atoms with Crippen LogP contribution in [0.15, 0.2) is 47.1 Å². The number of halogens is 1. The second-order valence-corrected chi connectivity index (χ2v) is 6.38. The average molecular weight is 378 g/mol. The molecule has 0 spiro atoms. The summed E-state index contributed by atoms with van der Waals surface area (Å²) in [7, 11) is 0. The van der Waals surface area contributed by atoms with E-state index in [1.807, 2.05) is 0 Å². The number of benzene rings is 1. The lowest BCUT2D eigenvalue weighted by atomic mass is 10.0. The van der Waals surface area contributed by atoms with E-state index < -0.39 is 17.9 Å². The zero-order valence-electron chi connectivity index (χ0n) is 14.4. The summed E-state index contributed by atoms with van der Waals surface area (Å²) in [6, 6.07) is 8.90. The van der Waals surface area contributed by atoms with Crippen LogP contribution in [-0.2, 0) is 9.59 Å². The van der Waals surface area contributed by atoms with Crippen LogP contribution in [0.5, 0.6) is 0 Å². The highest BCUT2D eigenvalue weighted by atomic mass is 35.5. The number of furan rings is 1. The van der Waals surface area contributed by atoms with Gasteiger partial charge < -0.3 is 20.4 Å². The number of carbonyl (C=O) groups is 3. The van der Waals surface area contributed by atoms with Gasteiger partial charge in [0.05, 0.1) is 12.8 Å². The summed E-state index contributed by atoms with van der Waals surface area (Å²) < 4.78 is 5.01. The van der Waals surface area contributed by atoms with Crippen molar-refractivity contribution in [2.75, 3.05) is 11.9 Å². The van der Waals surface area contributed by atoms with Gasteiger partial charge in [0, 0.05) is 10.7 Å². The first-order chi connectivity index (χ1) is 12.4. The minimum Gasteiger partial charge on any atom is -0.459 e. The maximum atomic E-state index is 12.3. The van der Waals surface area contributed by atoms with Gasteiger partial charge in [0.1, 0.15) is 6.04 Å². The summed E-state index contributed by atoms with van der Waals surface area (Å²) >= 11 is 5.78. The molecule has 1 atom stereocenters. The third-order valence-electron chi connectivity index (χ3n) is 3.53. The van der Waals surface area contributed by atoms with Crippen molar-refractivity contribution in [3.05, 3.63) is 53.4 Å². The topological polar surface area (TPSA) is 100 Å². The molecule has 0 saturated heterocycles. The first-order valence-electron chi connectivity index (χ1n) is 8.04. The summed E-state index contributed by atoms with van der Waals surface area (Å²) in [5.41, 5.74) is 0.570. The highest BCUT2D eigenvalue weighted by molar-refractivity contribution is 6.30. The Bertz CT molecular complexity index is 757. The Morgan fingerprint density at radius 2 is 1.81 bits per heavy atom. The van der Waals surface area contributed by atoms with Crippen LogP contribution in [0.2, 0.25) is 5.02 Å². The van der Waals surface area contributed by atoms with E-state index in [0.717, 1.165) is 0 Å². The standard InChI is InChI=1S/C18H20ClN3O4/c1-11(2)16(22-17(24)14-4-3-9-26-14)18(25)20-10-15(23)21-13-7-5-12(19)6-8-13/h3-9,11,16H,10H2,1-2H3,(H,20,25)(H,21,23)(H,22,24)/t16-/m0/s1. The van der Waals surface area contributed by atoms with E-state index in [1.54, 1.807) is 44.2 Å². The maximum absolute atomic E-state index is 12.3. The van der Waals surface area contributed by atoms with Gasteiger partial charge in [0.25, 0.3) is 5.91 Å². The third kappa shape index (κ3) is 5.63. The Hall–Kier alpha value is -2.80. The Balaban J connectivity index is 1.87. The van der Waals surface area contributed by atoms with E-state index in [9.17, 15) is 14.4 Å².